The summed E-state index contributed by atoms with van der Waals surface area (Å²) in [7, 11) is 0. The van der Waals surface area contributed by atoms with Crippen molar-refractivity contribution in [3.05, 3.63) is 71.0 Å². The van der Waals surface area contributed by atoms with Crippen molar-refractivity contribution in [2.75, 3.05) is 6.54 Å². The Morgan fingerprint density at radius 3 is 2.20 bits per heavy atom. The minimum atomic E-state index is -0.165. The van der Waals surface area contributed by atoms with Gasteiger partial charge in [0.15, 0.2) is 0 Å². The normalized spacial score (nSPS) is 12.7. The first-order chi connectivity index (χ1) is 9.61. The number of hydrogen-bond donors (Lipinski definition) is 1. The molecule has 1 unspecified atom stereocenters. The van der Waals surface area contributed by atoms with Gasteiger partial charge in [-0.3, -0.25) is 0 Å². The quantitative estimate of drug-likeness (QED) is 0.865. The lowest BCUT2D eigenvalue weighted by atomic mass is 9.90. The van der Waals surface area contributed by atoms with Crippen molar-refractivity contribution in [1.29, 1.82) is 0 Å². The summed E-state index contributed by atoms with van der Waals surface area (Å²) in [6, 6.07) is 15.4. The average molecular weight is 271 g/mol. The van der Waals surface area contributed by atoms with Crippen LogP contribution < -0.4 is 5.73 Å². The average Bonchev–Trinajstić information content (AvgIpc) is 2.46. The van der Waals surface area contributed by atoms with E-state index in [1.807, 2.05) is 12.1 Å². The van der Waals surface area contributed by atoms with Crippen LogP contribution in [0.1, 0.15) is 42.4 Å². The summed E-state index contributed by atoms with van der Waals surface area (Å²) in [4.78, 5) is 0. The van der Waals surface area contributed by atoms with Crippen LogP contribution >= 0.6 is 0 Å². The van der Waals surface area contributed by atoms with Crippen LogP contribution in [0.2, 0.25) is 0 Å². The van der Waals surface area contributed by atoms with E-state index in [9.17, 15) is 4.39 Å². The molecule has 0 amide bonds. The third kappa shape index (κ3) is 3.45. The van der Waals surface area contributed by atoms with Crippen molar-refractivity contribution in [2.24, 2.45) is 5.73 Å². The smallest absolute Gasteiger partial charge is 0.126 e. The lowest BCUT2D eigenvalue weighted by molar-refractivity contribution is 0.576. The Kier molecular flexibility index (Phi) is 4.91. The molecule has 0 spiro atoms. The number of halogens is 1. The van der Waals surface area contributed by atoms with E-state index >= 15 is 0 Å². The molecule has 0 heterocycles. The predicted octanol–water partition coefficient (Wildman–Crippen LogP) is 4.23. The van der Waals surface area contributed by atoms with Gasteiger partial charge >= 0.3 is 0 Å². The van der Waals surface area contributed by atoms with E-state index in [1.165, 1.54) is 17.2 Å². The van der Waals surface area contributed by atoms with Gasteiger partial charge in [-0.2, -0.15) is 0 Å². The van der Waals surface area contributed by atoms with Gasteiger partial charge in [0.2, 0.25) is 0 Å². The molecule has 0 aliphatic carbocycles. The van der Waals surface area contributed by atoms with Crippen molar-refractivity contribution in [2.45, 2.75) is 32.1 Å². The zero-order valence-electron chi connectivity index (χ0n) is 12.1. The van der Waals surface area contributed by atoms with Crippen molar-refractivity contribution >= 4 is 0 Å². The number of hydrogen-bond acceptors (Lipinski definition) is 1. The van der Waals surface area contributed by atoms with Gasteiger partial charge in [-0.15, -0.1) is 0 Å². The van der Waals surface area contributed by atoms with Crippen LogP contribution in [0.4, 0.5) is 4.39 Å². The number of nitrogens with two attached hydrogens (primary N) is 1. The molecule has 0 saturated carbocycles. The first-order valence-electron chi connectivity index (χ1n) is 7.15. The molecule has 1 nitrogen and oxygen atoms in total. The van der Waals surface area contributed by atoms with Crippen LogP contribution in [0.15, 0.2) is 48.5 Å². The first kappa shape index (κ1) is 14.7. The van der Waals surface area contributed by atoms with Crippen LogP contribution in [0.25, 0.3) is 0 Å². The summed E-state index contributed by atoms with van der Waals surface area (Å²) in [5.74, 6) is 0.392. The highest BCUT2D eigenvalue weighted by atomic mass is 19.1. The minimum absolute atomic E-state index is 0.0288. The third-order valence-electron chi connectivity index (χ3n) is 3.76. The third-order valence-corrected chi connectivity index (χ3v) is 3.76. The van der Waals surface area contributed by atoms with Crippen molar-refractivity contribution in [1.82, 2.24) is 0 Å². The molecule has 2 rings (SSSR count). The first-order valence-corrected chi connectivity index (χ1v) is 7.15. The van der Waals surface area contributed by atoms with Gasteiger partial charge in [0, 0.05) is 5.92 Å². The molecule has 2 aromatic rings. The SMILES string of the molecule is CC(C)c1ccc(CC(CN)c2ccccc2F)cc1. The molecule has 0 aromatic heterocycles. The van der Waals surface area contributed by atoms with E-state index in [4.69, 9.17) is 5.73 Å². The molecule has 2 heteroatoms. The van der Waals surface area contributed by atoms with Crippen LogP contribution in [0, 0.1) is 5.82 Å². The van der Waals surface area contributed by atoms with Crippen LogP contribution in [0.5, 0.6) is 0 Å². The second kappa shape index (κ2) is 6.67. The molecule has 2 aromatic carbocycles. The largest absolute Gasteiger partial charge is 0.330 e. The minimum Gasteiger partial charge on any atom is -0.330 e. The van der Waals surface area contributed by atoms with E-state index in [1.54, 1.807) is 6.07 Å². The monoisotopic (exact) mass is 271 g/mol. The van der Waals surface area contributed by atoms with Gasteiger partial charge in [0.05, 0.1) is 0 Å². The van der Waals surface area contributed by atoms with E-state index in [2.05, 4.69) is 38.1 Å². The van der Waals surface area contributed by atoms with E-state index in [0.717, 1.165) is 6.42 Å². The molecule has 0 aliphatic rings. The van der Waals surface area contributed by atoms with Crippen LogP contribution in [-0.2, 0) is 6.42 Å². The van der Waals surface area contributed by atoms with Gasteiger partial charge in [0.1, 0.15) is 5.82 Å². The summed E-state index contributed by atoms with van der Waals surface area (Å²) in [5, 5.41) is 0. The Balaban J connectivity index is 2.16. The van der Waals surface area contributed by atoms with E-state index in [0.29, 0.717) is 18.0 Å². The Morgan fingerprint density at radius 2 is 1.65 bits per heavy atom. The van der Waals surface area contributed by atoms with Crippen molar-refractivity contribution in [3.63, 3.8) is 0 Å². The standard InChI is InChI=1S/C18H22FN/c1-13(2)15-9-7-14(8-10-15)11-16(12-20)17-5-3-4-6-18(17)19/h3-10,13,16H,11-12,20H2,1-2H3. The summed E-state index contributed by atoms with van der Waals surface area (Å²) in [6.07, 6.45) is 0.774. The summed E-state index contributed by atoms with van der Waals surface area (Å²) in [6.45, 7) is 4.81. The Hall–Kier alpha value is -1.67. The summed E-state index contributed by atoms with van der Waals surface area (Å²) >= 11 is 0. The molecule has 0 saturated heterocycles. The van der Waals surface area contributed by atoms with Gasteiger partial charge in [-0.1, -0.05) is 56.3 Å². The zero-order valence-corrected chi connectivity index (χ0v) is 12.1. The van der Waals surface area contributed by atoms with Crippen LogP contribution in [-0.4, -0.2) is 6.54 Å². The fourth-order valence-corrected chi connectivity index (χ4v) is 2.45. The van der Waals surface area contributed by atoms with Gasteiger partial charge in [-0.25, -0.2) is 4.39 Å². The van der Waals surface area contributed by atoms with Crippen molar-refractivity contribution < 1.29 is 4.39 Å². The molecule has 0 radical (unpaired) electrons. The highest BCUT2D eigenvalue weighted by Crippen LogP contribution is 2.23. The van der Waals surface area contributed by atoms with Gasteiger partial charge < -0.3 is 5.73 Å². The Bertz CT molecular complexity index is 546. The summed E-state index contributed by atoms with van der Waals surface area (Å²) < 4.78 is 13.8. The fourth-order valence-electron chi connectivity index (χ4n) is 2.45. The maximum atomic E-state index is 13.8. The molecular formula is C18H22FN. The predicted molar refractivity (Wildman–Crippen MR) is 82.4 cm³/mol. The second-order valence-corrected chi connectivity index (χ2v) is 5.55. The lowest BCUT2D eigenvalue weighted by Crippen LogP contribution is -2.16. The highest BCUT2D eigenvalue weighted by molar-refractivity contribution is 5.29. The Labute approximate surface area is 120 Å². The van der Waals surface area contributed by atoms with Gasteiger partial charge in [0.25, 0.3) is 0 Å². The maximum absolute atomic E-state index is 13.8. The second-order valence-electron chi connectivity index (χ2n) is 5.55. The van der Waals surface area contributed by atoms with E-state index < -0.39 is 0 Å². The molecule has 0 aliphatic heterocycles. The lowest BCUT2D eigenvalue weighted by Gasteiger charge is -2.16. The molecule has 2 N–H and O–H groups in total. The maximum Gasteiger partial charge on any atom is 0.126 e. The zero-order chi connectivity index (χ0) is 14.5. The fraction of sp³-hybridized carbons (Fsp3) is 0.333. The molecular weight excluding hydrogens is 249 g/mol. The highest BCUT2D eigenvalue weighted by Gasteiger charge is 2.14. The molecule has 20 heavy (non-hydrogen) atoms. The Morgan fingerprint density at radius 1 is 1.00 bits per heavy atom. The number of benzene rings is 2. The molecule has 0 bridgehead atoms. The van der Waals surface area contributed by atoms with E-state index in [-0.39, 0.29) is 11.7 Å². The molecule has 106 valence electrons. The van der Waals surface area contributed by atoms with Gasteiger partial charge in [-0.05, 0) is 41.6 Å². The van der Waals surface area contributed by atoms with Crippen molar-refractivity contribution in [3.8, 4) is 0 Å². The molecule has 0 fully saturated rings. The topological polar surface area (TPSA) is 26.0 Å². The summed E-state index contributed by atoms with van der Waals surface area (Å²) in [5.41, 5.74) is 9.07. The van der Waals surface area contributed by atoms with Crippen LogP contribution in [0.3, 0.4) is 0 Å². The molecule has 1 atom stereocenters. The number of rotatable bonds is 5.